The molecule has 3 amide bonds. The van der Waals surface area contributed by atoms with Crippen LogP contribution in [0.1, 0.15) is 70.8 Å². The summed E-state index contributed by atoms with van der Waals surface area (Å²) in [6.45, 7) is 11.4. The topological polar surface area (TPSA) is 93.5 Å². The number of nitrogens with zero attached hydrogens (tertiary/aromatic N) is 4. The molecule has 1 atom stereocenters. The van der Waals surface area contributed by atoms with Crippen molar-refractivity contribution < 1.29 is 28.6 Å². The highest BCUT2D eigenvalue weighted by molar-refractivity contribution is 6.39. The van der Waals surface area contributed by atoms with E-state index in [1.165, 1.54) is 4.90 Å². The molecule has 10 nitrogen and oxygen atoms in total. The van der Waals surface area contributed by atoms with E-state index in [1.54, 1.807) is 32.2 Å². The smallest absolute Gasteiger partial charge is 0.410 e. The molecule has 0 radical (unpaired) electrons. The van der Waals surface area contributed by atoms with Gasteiger partial charge in [-0.15, -0.1) is 0 Å². The number of aryl methyl sites for hydroxylation is 1. The molecule has 2 heterocycles. The first-order chi connectivity index (χ1) is 19.8. The van der Waals surface area contributed by atoms with Gasteiger partial charge in [-0.3, -0.25) is 9.59 Å². The average Bonchev–Trinajstić information content (AvgIpc) is 3.20. The molecule has 3 rings (SSSR count). The lowest BCUT2D eigenvalue weighted by molar-refractivity contribution is -0.130. The van der Waals surface area contributed by atoms with Gasteiger partial charge in [0.05, 0.1) is 16.6 Å². The zero-order valence-corrected chi connectivity index (χ0v) is 27.1. The molecule has 0 aliphatic carbocycles. The van der Waals surface area contributed by atoms with E-state index in [0.29, 0.717) is 53.6 Å². The van der Waals surface area contributed by atoms with Crippen LogP contribution in [0.15, 0.2) is 18.2 Å². The Kier molecular flexibility index (Phi) is 11.5. The second-order valence-electron chi connectivity index (χ2n) is 12.3. The maximum absolute atomic E-state index is 14.5. The standard InChI is InChI=1S/C31H47ClN4O6/c1-21(2)36(22-13-12-16-34(19-22)30(39)42-31(3,4)5)29(38)28-26(32)23-14-11-15-24(41-20-25(37)33(6)7)27(23)35(28)17-9-10-18-40-8/h11,14-15,21-22H,9-10,12-13,16-20H2,1-8H3/t22-/m1/s1. The highest BCUT2D eigenvalue weighted by atomic mass is 35.5. The average molecular weight is 607 g/mol. The number of halogens is 1. The van der Waals surface area contributed by atoms with Crippen LogP contribution >= 0.6 is 11.6 Å². The summed E-state index contributed by atoms with van der Waals surface area (Å²) in [6, 6.07) is 5.12. The van der Waals surface area contributed by atoms with Gasteiger partial charge in [-0.1, -0.05) is 23.7 Å². The summed E-state index contributed by atoms with van der Waals surface area (Å²) < 4.78 is 18.8. The number of likely N-dealkylation sites (tertiary alicyclic amines) is 1. The largest absolute Gasteiger partial charge is 0.482 e. The molecule has 0 bridgehead atoms. The van der Waals surface area contributed by atoms with Crippen LogP contribution in [0.5, 0.6) is 5.75 Å². The summed E-state index contributed by atoms with van der Waals surface area (Å²) in [5.41, 5.74) is 0.450. The zero-order valence-electron chi connectivity index (χ0n) is 26.4. The number of carbonyl (C=O) groups excluding carboxylic acids is 3. The number of carbonyl (C=O) groups is 3. The van der Waals surface area contributed by atoms with E-state index >= 15 is 0 Å². The molecule has 1 aromatic carbocycles. The first-order valence-corrected chi connectivity index (χ1v) is 15.1. The van der Waals surface area contributed by atoms with E-state index in [4.69, 9.17) is 25.8 Å². The molecule has 234 valence electrons. The minimum Gasteiger partial charge on any atom is -0.482 e. The van der Waals surface area contributed by atoms with Crippen LogP contribution in [-0.2, 0) is 20.8 Å². The Bertz CT molecular complexity index is 1250. The summed E-state index contributed by atoms with van der Waals surface area (Å²) in [5, 5.41) is 1.03. The van der Waals surface area contributed by atoms with Gasteiger partial charge < -0.3 is 33.5 Å². The third-order valence-corrected chi connectivity index (χ3v) is 7.63. The van der Waals surface area contributed by atoms with Gasteiger partial charge in [0.1, 0.15) is 17.0 Å². The van der Waals surface area contributed by atoms with Crippen LogP contribution < -0.4 is 4.74 Å². The zero-order chi connectivity index (χ0) is 31.2. The molecule has 0 unspecified atom stereocenters. The molecule has 0 spiro atoms. The number of methoxy groups -OCH3 is 1. The summed E-state index contributed by atoms with van der Waals surface area (Å²) >= 11 is 7.01. The van der Waals surface area contributed by atoms with Crippen molar-refractivity contribution in [2.24, 2.45) is 0 Å². The molecule has 1 fully saturated rings. The van der Waals surface area contributed by atoms with Crippen LogP contribution in [0.25, 0.3) is 10.9 Å². The number of fused-ring (bicyclic) bond motifs is 1. The Morgan fingerprint density at radius 2 is 1.86 bits per heavy atom. The van der Waals surface area contributed by atoms with Gasteiger partial charge in [-0.25, -0.2) is 4.79 Å². The molecule has 0 saturated carbocycles. The molecule has 0 N–H and O–H groups in total. The lowest BCUT2D eigenvalue weighted by Gasteiger charge is -2.41. The lowest BCUT2D eigenvalue weighted by Crippen LogP contribution is -2.54. The van der Waals surface area contributed by atoms with Crippen LogP contribution in [0.4, 0.5) is 4.79 Å². The van der Waals surface area contributed by atoms with E-state index in [1.807, 2.05) is 56.2 Å². The SMILES string of the molecule is COCCCCn1c(C(=O)N(C(C)C)[C@@H]2CCCN(C(=O)OC(C)(C)C)C2)c(Cl)c2cccc(OCC(=O)N(C)C)c21. The minimum atomic E-state index is -0.605. The third-order valence-electron chi connectivity index (χ3n) is 7.25. The predicted octanol–water partition coefficient (Wildman–Crippen LogP) is 5.44. The summed E-state index contributed by atoms with van der Waals surface area (Å²) in [6.07, 6.45) is 2.69. The van der Waals surface area contributed by atoms with Crippen LogP contribution in [-0.4, -0.2) is 102 Å². The lowest BCUT2D eigenvalue weighted by atomic mass is 10.0. The summed E-state index contributed by atoms with van der Waals surface area (Å²) in [4.78, 5) is 44.7. The van der Waals surface area contributed by atoms with Crippen molar-refractivity contribution in [1.29, 1.82) is 0 Å². The van der Waals surface area contributed by atoms with Crippen molar-refractivity contribution in [1.82, 2.24) is 19.3 Å². The van der Waals surface area contributed by atoms with Crippen molar-refractivity contribution in [3.8, 4) is 5.75 Å². The third kappa shape index (κ3) is 8.10. The highest BCUT2D eigenvalue weighted by Crippen LogP contribution is 2.38. The highest BCUT2D eigenvalue weighted by Gasteiger charge is 2.37. The number of unbranched alkanes of at least 4 members (excludes halogenated alkanes) is 1. The molecule has 2 aromatic rings. The monoisotopic (exact) mass is 606 g/mol. The molecule has 42 heavy (non-hydrogen) atoms. The normalized spacial score (nSPS) is 15.7. The Labute approximate surface area is 254 Å². The molecule has 1 aliphatic rings. The Morgan fingerprint density at radius 1 is 1.14 bits per heavy atom. The van der Waals surface area contributed by atoms with E-state index in [9.17, 15) is 14.4 Å². The van der Waals surface area contributed by atoms with E-state index < -0.39 is 5.60 Å². The van der Waals surface area contributed by atoms with Crippen molar-refractivity contribution in [2.45, 2.75) is 84.5 Å². The Balaban J connectivity index is 2.03. The number of piperidine rings is 1. The number of rotatable bonds is 11. The van der Waals surface area contributed by atoms with Gasteiger partial charge in [0.15, 0.2) is 6.61 Å². The maximum atomic E-state index is 14.5. The number of amides is 3. The van der Waals surface area contributed by atoms with E-state index in [0.717, 1.165) is 25.7 Å². The summed E-state index contributed by atoms with van der Waals surface area (Å²) in [7, 11) is 5.01. The van der Waals surface area contributed by atoms with Crippen LogP contribution in [0, 0.1) is 0 Å². The number of hydrogen-bond acceptors (Lipinski definition) is 6. The number of para-hydroxylation sites is 1. The van der Waals surface area contributed by atoms with Gasteiger partial charge >= 0.3 is 6.09 Å². The molecular weight excluding hydrogens is 560 g/mol. The number of aromatic nitrogens is 1. The second-order valence-corrected chi connectivity index (χ2v) is 12.6. The summed E-state index contributed by atoms with van der Waals surface area (Å²) in [5.74, 6) is 0.106. The van der Waals surface area contributed by atoms with Crippen molar-refractivity contribution in [2.75, 3.05) is 47.5 Å². The molecule has 11 heteroatoms. The van der Waals surface area contributed by atoms with Gasteiger partial charge in [0.2, 0.25) is 0 Å². The predicted molar refractivity (Wildman–Crippen MR) is 164 cm³/mol. The first-order valence-electron chi connectivity index (χ1n) is 14.7. The molecule has 1 aliphatic heterocycles. The molecular formula is C31H47ClN4O6. The second kappa shape index (κ2) is 14.5. The van der Waals surface area contributed by atoms with Gasteiger partial charge in [0, 0.05) is 58.9 Å². The number of ether oxygens (including phenoxy) is 3. The molecule has 1 aromatic heterocycles. The molecule has 1 saturated heterocycles. The fourth-order valence-electron chi connectivity index (χ4n) is 5.29. The number of likely N-dealkylation sites (N-methyl/N-ethyl adjacent to an activating group) is 1. The van der Waals surface area contributed by atoms with E-state index in [-0.39, 0.29) is 36.6 Å². The van der Waals surface area contributed by atoms with Crippen molar-refractivity contribution in [3.63, 3.8) is 0 Å². The fraction of sp³-hybridized carbons (Fsp3) is 0.645. The quantitative estimate of drug-likeness (QED) is 0.316. The van der Waals surface area contributed by atoms with Gasteiger partial charge in [-0.2, -0.15) is 0 Å². The minimum absolute atomic E-state index is 0.136. The number of hydrogen-bond donors (Lipinski definition) is 0. The number of benzene rings is 1. The van der Waals surface area contributed by atoms with Crippen LogP contribution in [0.2, 0.25) is 5.02 Å². The maximum Gasteiger partial charge on any atom is 0.410 e. The van der Waals surface area contributed by atoms with E-state index in [2.05, 4.69) is 0 Å². The van der Waals surface area contributed by atoms with Crippen LogP contribution in [0.3, 0.4) is 0 Å². The van der Waals surface area contributed by atoms with Gasteiger partial charge in [0.25, 0.3) is 11.8 Å². The fourth-order valence-corrected chi connectivity index (χ4v) is 5.62. The Hall–Kier alpha value is -2.98. The van der Waals surface area contributed by atoms with Crippen molar-refractivity contribution >= 4 is 40.4 Å². The van der Waals surface area contributed by atoms with Gasteiger partial charge in [-0.05, 0) is 66.4 Å². The Morgan fingerprint density at radius 3 is 2.48 bits per heavy atom. The first kappa shape index (κ1) is 33.5. The van der Waals surface area contributed by atoms with Crippen molar-refractivity contribution in [3.05, 3.63) is 28.9 Å².